The van der Waals surface area contributed by atoms with E-state index in [1.807, 2.05) is 72.3 Å². The smallest absolute Gasteiger partial charge is 0.331 e. The highest BCUT2D eigenvalue weighted by Crippen LogP contribution is 2.49. The van der Waals surface area contributed by atoms with Crippen LogP contribution in [0.1, 0.15) is 38.0 Å². The summed E-state index contributed by atoms with van der Waals surface area (Å²) < 4.78 is 26.8. The molecule has 6 rings (SSSR count). The molecule has 1 aliphatic rings. The first-order valence-electron chi connectivity index (χ1n) is 14.0. The van der Waals surface area contributed by atoms with Crippen molar-refractivity contribution in [1.29, 1.82) is 0 Å². The van der Waals surface area contributed by atoms with Crippen molar-refractivity contribution in [1.82, 2.24) is 4.57 Å². The monoisotopic (exact) mass is 655 g/mol. The Morgan fingerprint density at radius 3 is 2.41 bits per heavy atom. The lowest BCUT2D eigenvalue weighted by Gasteiger charge is -2.43. The van der Waals surface area contributed by atoms with Crippen LogP contribution in [0.15, 0.2) is 82.1 Å². The van der Waals surface area contributed by atoms with Gasteiger partial charge in [-0.2, -0.15) is 0 Å². The summed E-state index contributed by atoms with van der Waals surface area (Å²) in [5, 5.41) is 2.71. The van der Waals surface area contributed by atoms with Gasteiger partial charge in [-0.25, -0.2) is 4.79 Å². The summed E-state index contributed by atoms with van der Waals surface area (Å²) >= 11 is 3.43. The van der Waals surface area contributed by atoms with Gasteiger partial charge >= 0.3 is 11.9 Å². The first kappa shape index (κ1) is 29.4. The number of carbonyl (C=O) groups excluding carboxylic acids is 2. The Balaban J connectivity index is 1.57. The first-order valence-corrected chi connectivity index (χ1v) is 14.8. The van der Waals surface area contributed by atoms with Crippen LogP contribution >= 0.6 is 15.9 Å². The van der Waals surface area contributed by atoms with Crippen molar-refractivity contribution in [3.63, 3.8) is 0 Å². The second-order valence-electron chi connectivity index (χ2n) is 11.3. The number of hydrogen-bond acceptors (Lipinski definition) is 7. The molecule has 0 unspecified atom stereocenters. The van der Waals surface area contributed by atoms with Crippen molar-refractivity contribution < 1.29 is 28.5 Å². The fourth-order valence-electron chi connectivity index (χ4n) is 5.97. The molecule has 2 atom stereocenters. The molecule has 0 saturated carbocycles. The molecule has 0 aliphatic carbocycles. The van der Waals surface area contributed by atoms with Crippen molar-refractivity contribution in [2.24, 2.45) is 7.05 Å². The number of halogens is 1. The molecule has 9 heteroatoms. The molecule has 0 radical (unpaired) electrons. The Morgan fingerprint density at radius 1 is 1.00 bits per heavy atom. The summed E-state index contributed by atoms with van der Waals surface area (Å²) in [5.74, 6) is -0.544. The predicted octanol–water partition coefficient (Wildman–Crippen LogP) is 7.02. The molecular weight excluding hydrogens is 626 g/mol. The van der Waals surface area contributed by atoms with Gasteiger partial charge in [-0.05, 0) is 60.5 Å². The van der Waals surface area contributed by atoms with Crippen molar-refractivity contribution >= 4 is 66.5 Å². The Kier molecular flexibility index (Phi) is 7.45. The van der Waals surface area contributed by atoms with Gasteiger partial charge in [0.2, 0.25) is 5.43 Å². The number of methoxy groups -OCH3 is 1. The van der Waals surface area contributed by atoms with E-state index in [0.717, 1.165) is 20.8 Å². The zero-order valence-corrected chi connectivity index (χ0v) is 26.4. The van der Waals surface area contributed by atoms with E-state index in [1.165, 1.54) is 20.1 Å². The predicted molar refractivity (Wildman–Crippen MR) is 173 cm³/mol. The molecule has 2 heterocycles. The molecule has 0 N–H and O–H groups in total. The van der Waals surface area contributed by atoms with Crippen LogP contribution in [0.25, 0.3) is 38.7 Å². The third-order valence-electron chi connectivity index (χ3n) is 7.93. The van der Waals surface area contributed by atoms with E-state index in [4.69, 9.17) is 18.9 Å². The molecule has 0 amide bonds. The van der Waals surface area contributed by atoms with Crippen LogP contribution in [-0.2, 0) is 26.1 Å². The van der Waals surface area contributed by atoms with Gasteiger partial charge in [-0.15, -0.1) is 0 Å². The number of fused-ring (bicyclic) bond motifs is 5. The van der Waals surface area contributed by atoms with Crippen molar-refractivity contribution in [3.05, 3.63) is 98.6 Å². The largest absolute Gasteiger partial charge is 0.496 e. The molecule has 44 heavy (non-hydrogen) atoms. The van der Waals surface area contributed by atoms with Crippen molar-refractivity contribution in [3.8, 4) is 11.5 Å². The second kappa shape index (κ2) is 11.1. The molecular formula is C35H30BrNO7. The van der Waals surface area contributed by atoms with Gasteiger partial charge in [-0.3, -0.25) is 9.59 Å². The number of aryl methyl sites for hydroxylation is 1. The van der Waals surface area contributed by atoms with Crippen LogP contribution in [0.5, 0.6) is 11.5 Å². The maximum Gasteiger partial charge on any atom is 0.331 e. The van der Waals surface area contributed by atoms with Gasteiger partial charge in [-0.1, -0.05) is 52.3 Å². The van der Waals surface area contributed by atoms with Gasteiger partial charge in [0, 0.05) is 36.0 Å². The molecule has 1 aliphatic heterocycles. The summed E-state index contributed by atoms with van der Waals surface area (Å²) in [6.45, 7) is 4.80. The molecule has 0 fully saturated rings. The van der Waals surface area contributed by atoms with Gasteiger partial charge in [0.25, 0.3) is 0 Å². The van der Waals surface area contributed by atoms with Gasteiger partial charge in [0.1, 0.15) is 17.1 Å². The lowest BCUT2D eigenvalue weighted by Crippen LogP contribution is -2.52. The second-order valence-corrected chi connectivity index (χ2v) is 12.2. The van der Waals surface area contributed by atoms with Crippen LogP contribution in [0, 0.1) is 0 Å². The van der Waals surface area contributed by atoms with Crippen molar-refractivity contribution in [2.75, 3.05) is 7.11 Å². The Bertz CT molecular complexity index is 2080. The van der Waals surface area contributed by atoms with E-state index < -0.39 is 29.7 Å². The van der Waals surface area contributed by atoms with Crippen LogP contribution in [-0.4, -0.2) is 35.3 Å². The minimum Gasteiger partial charge on any atom is -0.496 e. The summed E-state index contributed by atoms with van der Waals surface area (Å²) in [6.07, 6.45) is 0.807. The number of rotatable bonds is 5. The number of ether oxygens (including phenoxy) is 4. The van der Waals surface area contributed by atoms with Crippen molar-refractivity contribution in [2.45, 2.75) is 38.6 Å². The van der Waals surface area contributed by atoms with E-state index in [0.29, 0.717) is 38.9 Å². The van der Waals surface area contributed by atoms with Gasteiger partial charge in [0.15, 0.2) is 12.2 Å². The first-order chi connectivity index (χ1) is 21.0. The molecule has 5 aromatic rings. The summed E-state index contributed by atoms with van der Waals surface area (Å²) in [7, 11) is 3.33. The Hall–Kier alpha value is -4.63. The summed E-state index contributed by atoms with van der Waals surface area (Å²) in [5.41, 5.74) is 0.976. The van der Waals surface area contributed by atoms with Crippen LogP contribution in [0.3, 0.4) is 0 Å². The lowest BCUT2D eigenvalue weighted by molar-refractivity contribution is -0.185. The quantitative estimate of drug-likeness (QED) is 0.114. The number of pyridine rings is 1. The summed E-state index contributed by atoms with van der Waals surface area (Å²) in [6, 6.07) is 20.7. The number of benzene rings is 4. The third kappa shape index (κ3) is 5.11. The molecule has 0 spiro atoms. The number of aromatic nitrogens is 1. The van der Waals surface area contributed by atoms with E-state index in [-0.39, 0.29) is 5.43 Å². The minimum atomic E-state index is -1.13. The lowest BCUT2D eigenvalue weighted by atomic mass is 9.86. The fraction of sp³-hybridized carbons (Fsp3) is 0.229. The number of nitrogens with zero attached hydrogens (tertiary/aromatic N) is 1. The van der Waals surface area contributed by atoms with E-state index in [2.05, 4.69) is 15.9 Å². The maximum absolute atomic E-state index is 14.2. The number of carbonyl (C=O) groups is 2. The third-order valence-corrected chi connectivity index (χ3v) is 8.43. The van der Waals surface area contributed by atoms with Gasteiger partial charge < -0.3 is 23.5 Å². The topological polar surface area (TPSA) is 93.1 Å². The number of hydrogen-bond donors (Lipinski definition) is 0. The fourth-order valence-corrected chi connectivity index (χ4v) is 6.38. The molecule has 224 valence electrons. The average molecular weight is 657 g/mol. The van der Waals surface area contributed by atoms with Crippen LogP contribution < -0.4 is 14.9 Å². The SMILES string of the molecule is COc1cc2c(c3c1c(=O)c1cc4ccccc4cc1n3C)[C@@H](OC(C)=O)[C@@H](OC(=O)/C=C/c1cccc(Br)c1)C(C)(C)O2. The van der Waals surface area contributed by atoms with E-state index >= 15 is 0 Å². The highest BCUT2D eigenvalue weighted by atomic mass is 79.9. The zero-order valence-electron chi connectivity index (χ0n) is 24.8. The molecule has 1 aromatic heterocycles. The normalized spacial score (nSPS) is 17.4. The molecule has 8 nitrogen and oxygen atoms in total. The summed E-state index contributed by atoms with van der Waals surface area (Å²) in [4.78, 5) is 39.9. The Morgan fingerprint density at radius 2 is 1.73 bits per heavy atom. The highest BCUT2D eigenvalue weighted by Gasteiger charge is 2.50. The van der Waals surface area contributed by atoms with Gasteiger partial charge in [0.05, 0.1) is 29.1 Å². The zero-order chi connectivity index (χ0) is 31.3. The minimum absolute atomic E-state index is 0.240. The molecule has 0 bridgehead atoms. The number of esters is 2. The molecule has 4 aromatic carbocycles. The molecule has 0 saturated heterocycles. The van der Waals surface area contributed by atoms with Crippen LogP contribution in [0.4, 0.5) is 0 Å². The average Bonchev–Trinajstić information content (AvgIpc) is 2.98. The highest BCUT2D eigenvalue weighted by molar-refractivity contribution is 9.10. The van der Waals surface area contributed by atoms with Crippen LogP contribution in [0.2, 0.25) is 0 Å². The Labute approximate surface area is 261 Å². The van der Waals surface area contributed by atoms with E-state index in [1.54, 1.807) is 26.0 Å². The van der Waals surface area contributed by atoms with E-state index in [9.17, 15) is 14.4 Å². The standard InChI is InChI=1S/C35H30BrNO7/c1-19(38)42-33-30-27(44-35(2,3)34(33)43-28(39)14-13-20-9-8-12-23(36)15-20)18-26(41-5)29-31(30)37(4)25-17-22-11-7-6-10-21(22)16-24(25)32(29)40/h6-18,33-34H,1-5H3/b14-13+/t33-,34-/m1/s1. The maximum atomic E-state index is 14.2.